The maximum atomic E-state index is 13.4. The molecule has 2 heterocycles. The summed E-state index contributed by atoms with van der Waals surface area (Å²) in [4.78, 5) is 25.9. The van der Waals surface area contributed by atoms with E-state index in [1.807, 2.05) is 48.7 Å². The molecule has 0 aliphatic heterocycles. The van der Waals surface area contributed by atoms with Crippen LogP contribution in [0.2, 0.25) is 0 Å². The zero-order valence-electron chi connectivity index (χ0n) is 19.8. The van der Waals surface area contributed by atoms with Gasteiger partial charge in [-0.3, -0.25) is 9.59 Å². The Morgan fingerprint density at radius 1 is 1.06 bits per heavy atom. The molecule has 0 saturated heterocycles. The fourth-order valence-corrected chi connectivity index (χ4v) is 4.14. The van der Waals surface area contributed by atoms with E-state index >= 15 is 0 Å². The van der Waals surface area contributed by atoms with E-state index in [4.69, 9.17) is 9.47 Å². The minimum Gasteiger partial charge on any atom is -0.497 e. The summed E-state index contributed by atoms with van der Waals surface area (Å²) in [7, 11) is 3.20. The van der Waals surface area contributed by atoms with Gasteiger partial charge >= 0.3 is 0 Å². The third kappa shape index (κ3) is 4.39. The molecule has 4 aromatic rings. The second-order valence-corrected chi connectivity index (χ2v) is 7.89. The van der Waals surface area contributed by atoms with Crippen molar-refractivity contribution in [2.24, 2.45) is 0 Å². The average molecular weight is 461 g/mol. The topological polar surface area (TPSA) is 86.9 Å². The number of hydrogen-bond donors (Lipinski definition) is 1. The fourth-order valence-electron chi connectivity index (χ4n) is 4.14. The number of carbonyl (C=O) groups is 1. The van der Waals surface area contributed by atoms with Gasteiger partial charge in [0, 0.05) is 41.5 Å². The van der Waals surface area contributed by atoms with Crippen LogP contribution in [0.15, 0.2) is 59.4 Å². The maximum absolute atomic E-state index is 13.4. The highest BCUT2D eigenvalue weighted by atomic mass is 16.5. The lowest BCUT2D eigenvalue weighted by Crippen LogP contribution is -2.26. The summed E-state index contributed by atoms with van der Waals surface area (Å²) < 4.78 is 14.1. The van der Waals surface area contributed by atoms with Crippen LogP contribution in [0.3, 0.4) is 0 Å². The quantitative estimate of drug-likeness (QED) is 0.428. The van der Waals surface area contributed by atoms with Gasteiger partial charge in [0.25, 0.3) is 5.56 Å². The van der Waals surface area contributed by atoms with Gasteiger partial charge in [-0.15, -0.1) is 0 Å². The molecule has 0 aliphatic carbocycles. The van der Waals surface area contributed by atoms with E-state index in [0.717, 1.165) is 11.3 Å². The summed E-state index contributed by atoms with van der Waals surface area (Å²) in [6.07, 6.45) is 0.490. The van der Waals surface area contributed by atoms with Crippen molar-refractivity contribution in [3.63, 3.8) is 0 Å². The monoisotopic (exact) mass is 460 g/mol. The summed E-state index contributed by atoms with van der Waals surface area (Å²) >= 11 is 0. The Hall–Kier alpha value is -4.07. The highest BCUT2D eigenvalue weighted by molar-refractivity contribution is 5.90. The standard InChI is InChI=1S/C26H28N4O4/c1-5-29-17(2)20(14-15-24(31)27-18-10-12-19(33-3)13-11-18)26(32)30-25(29)16-22(28-30)21-8-6-7-9-23(21)34-4/h6-13,16H,5,14-15H2,1-4H3,(H,27,31). The number of hydrogen-bond acceptors (Lipinski definition) is 5. The van der Waals surface area contributed by atoms with Crippen molar-refractivity contribution < 1.29 is 14.3 Å². The number of para-hydroxylation sites is 1. The van der Waals surface area contributed by atoms with Gasteiger partial charge in [0.1, 0.15) is 17.1 Å². The normalized spacial score (nSPS) is 10.9. The zero-order valence-corrected chi connectivity index (χ0v) is 19.8. The number of nitrogens with zero attached hydrogens (tertiary/aromatic N) is 3. The number of anilines is 1. The van der Waals surface area contributed by atoms with Crippen LogP contribution in [0.25, 0.3) is 16.9 Å². The van der Waals surface area contributed by atoms with Gasteiger partial charge in [-0.25, -0.2) is 0 Å². The van der Waals surface area contributed by atoms with Crippen LogP contribution in [-0.2, 0) is 17.8 Å². The highest BCUT2D eigenvalue weighted by Gasteiger charge is 2.18. The van der Waals surface area contributed by atoms with Crippen molar-refractivity contribution in [3.05, 3.63) is 76.2 Å². The van der Waals surface area contributed by atoms with E-state index in [2.05, 4.69) is 10.4 Å². The summed E-state index contributed by atoms with van der Waals surface area (Å²) in [6.45, 7) is 4.60. The van der Waals surface area contributed by atoms with Crippen LogP contribution in [0, 0.1) is 6.92 Å². The first-order valence-electron chi connectivity index (χ1n) is 11.2. The molecule has 0 aliphatic rings. The van der Waals surface area contributed by atoms with Crippen molar-refractivity contribution in [2.45, 2.75) is 33.2 Å². The third-order valence-electron chi connectivity index (χ3n) is 5.93. The molecule has 0 unspecified atom stereocenters. The van der Waals surface area contributed by atoms with Gasteiger partial charge in [-0.05, 0) is 56.7 Å². The molecular formula is C26H28N4O4. The molecule has 176 valence electrons. The van der Waals surface area contributed by atoms with Crippen LogP contribution in [-0.4, -0.2) is 34.3 Å². The molecular weight excluding hydrogens is 432 g/mol. The number of fused-ring (bicyclic) bond motifs is 1. The number of benzene rings is 2. The number of rotatable bonds is 8. The van der Waals surface area contributed by atoms with Crippen molar-refractivity contribution in [2.75, 3.05) is 19.5 Å². The van der Waals surface area contributed by atoms with Gasteiger partial charge < -0.3 is 19.4 Å². The molecule has 0 radical (unpaired) electrons. The molecule has 0 saturated carbocycles. The fraction of sp³-hybridized carbons (Fsp3) is 0.269. The van der Waals surface area contributed by atoms with Gasteiger partial charge in [0.05, 0.1) is 19.9 Å². The van der Waals surface area contributed by atoms with Crippen LogP contribution >= 0.6 is 0 Å². The number of carbonyl (C=O) groups excluding carboxylic acids is 1. The van der Waals surface area contributed by atoms with E-state index < -0.39 is 0 Å². The minimum atomic E-state index is -0.212. The van der Waals surface area contributed by atoms with Crippen LogP contribution in [0.1, 0.15) is 24.6 Å². The van der Waals surface area contributed by atoms with Crippen LogP contribution in [0.5, 0.6) is 11.5 Å². The van der Waals surface area contributed by atoms with Crippen molar-refractivity contribution in [3.8, 4) is 22.8 Å². The molecule has 0 fully saturated rings. The van der Waals surface area contributed by atoms with Crippen molar-refractivity contribution in [1.82, 2.24) is 14.2 Å². The Morgan fingerprint density at radius 2 is 1.79 bits per heavy atom. The van der Waals surface area contributed by atoms with Crippen molar-refractivity contribution in [1.29, 1.82) is 0 Å². The molecule has 1 N–H and O–H groups in total. The summed E-state index contributed by atoms with van der Waals surface area (Å²) in [5.41, 5.74) is 4.06. The lowest BCUT2D eigenvalue weighted by Gasteiger charge is -2.14. The maximum Gasteiger partial charge on any atom is 0.277 e. The number of nitrogens with one attached hydrogen (secondary N) is 1. The number of methoxy groups -OCH3 is 2. The average Bonchev–Trinajstić information content (AvgIpc) is 3.30. The van der Waals surface area contributed by atoms with Crippen LogP contribution in [0.4, 0.5) is 5.69 Å². The molecule has 4 rings (SSSR count). The molecule has 2 aromatic heterocycles. The van der Waals surface area contributed by atoms with Gasteiger partial charge in [0.2, 0.25) is 5.91 Å². The molecule has 0 bridgehead atoms. The van der Waals surface area contributed by atoms with Gasteiger partial charge in [-0.2, -0.15) is 9.61 Å². The Kier molecular flexibility index (Phi) is 6.67. The molecule has 8 heteroatoms. The summed E-state index contributed by atoms with van der Waals surface area (Å²) in [5, 5.41) is 7.47. The van der Waals surface area contributed by atoms with Crippen LogP contribution < -0.4 is 20.3 Å². The lowest BCUT2D eigenvalue weighted by molar-refractivity contribution is -0.116. The van der Waals surface area contributed by atoms with Gasteiger partial charge in [0.15, 0.2) is 0 Å². The van der Waals surface area contributed by atoms with E-state index in [9.17, 15) is 9.59 Å². The van der Waals surface area contributed by atoms with Crippen molar-refractivity contribution >= 4 is 17.2 Å². The third-order valence-corrected chi connectivity index (χ3v) is 5.93. The summed E-state index contributed by atoms with van der Waals surface area (Å²) in [6, 6.07) is 16.6. The smallest absolute Gasteiger partial charge is 0.277 e. The SMILES string of the molecule is CCn1c(C)c(CCC(=O)Nc2ccc(OC)cc2)c(=O)n2nc(-c3ccccc3OC)cc12. The molecule has 1 amide bonds. The Morgan fingerprint density at radius 3 is 2.47 bits per heavy atom. The van der Waals surface area contributed by atoms with E-state index in [0.29, 0.717) is 47.1 Å². The zero-order chi connectivity index (χ0) is 24.2. The predicted octanol–water partition coefficient (Wildman–Crippen LogP) is 4.08. The minimum absolute atomic E-state index is 0.165. The molecule has 0 spiro atoms. The number of aromatic nitrogens is 3. The molecule has 34 heavy (non-hydrogen) atoms. The highest BCUT2D eigenvalue weighted by Crippen LogP contribution is 2.29. The first kappa shape index (κ1) is 23.1. The van der Waals surface area contributed by atoms with Gasteiger partial charge in [-0.1, -0.05) is 12.1 Å². The Balaban J connectivity index is 1.63. The number of aryl methyl sites for hydroxylation is 1. The molecule has 0 atom stereocenters. The second-order valence-electron chi connectivity index (χ2n) is 7.89. The first-order chi connectivity index (χ1) is 16.5. The Labute approximate surface area is 197 Å². The predicted molar refractivity (Wildman–Crippen MR) is 132 cm³/mol. The lowest BCUT2D eigenvalue weighted by atomic mass is 10.1. The summed E-state index contributed by atoms with van der Waals surface area (Å²) in [5.74, 6) is 1.24. The van der Waals surface area contributed by atoms with E-state index in [1.54, 1.807) is 38.5 Å². The molecule has 8 nitrogen and oxygen atoms in total. The largest absolute Gasteiger partial charge is 0.497 e. The van der Waals surface area contributed by atoms with E-state index in [-0.39, 0.29) is 17.9 Å². The Bertz CT molecular complexity index is 1390. The van der Waals surface area contributed by atoms with E-state index in [1.165, 1.54) is 4.52 Å². The first-order valence-corrected chi connectivity index (χ1v) is 11.2. The number of amides is 1. The molecule has 2 aromatic carbocycles. The second kappa shape index (κ2) is 9.82. The number of ether oxygens (including phenoxy) is 2.